The quantitative estimate of drug-likeness (QED) is 0.0288. The van der Waals surface area contributed by atoms with Gasteiger partial charge in [0.15, 0.2) is 0 Å². The van der Waals surface area contributed by atoms with Gasteiger partial charge in [0.1, 0.15) is 24.9 Å². The molecule has 0 fully saturated rings. The van der Waals surface area contributed by atoms with Crippen molar-refractivity contribution in [1.29, 1.82) is 0 Å². The van der Waals surface area contributed by atoms with Gasteiger partial charge in [0, 0.05) is 36.6 Å². The molecule has 0 aromatic rings. The van der Waals surface area contributed by atoms with E-state index in [0.29, 0.717) is 39.0 Å². The topological polar surface area (TPSA) is 254 Å². The van der Waals surface area contributed by atoms with Crippen LogP contribution in [0.5, 0.6) is 0 Å². The van der Waals surface area contributed by atoms with E-state index in [1.54, 1.807) is 13.8 Å². The summed E-state index contributed by atoms with van der Waals surface area (Å²) >= 11 is 0. The fourth-order valence-electron chi connectivity index (χ4n) is 6.62. The maximum absolute atomic E-state index is 11.9. The van der Waals surface area contributed by atoms with Crippen molar-refractivity contribution >= 4 is 73.4 Å². The van der Waals surface area contributed by atoms with E-state index in [4.69, 9.17) is 0 Å². The number of carbonyl (C=O) groups is 6. The molecule has 0 aliphatic carbocycles. The summed E-state index contributed by atoms with van der Waals surface area (Å²) in [6.07, 6.45) is 8.95. The Kier molecular flexibility index (Phi) is 34.3. The monoisotopic (exact) mass is 816 g/mol. The fraction of sp³-hybridized carbons (Fsp3) is 0.842. The van der Waals surface area contributed by atoms with Crippen molar-refractivity contribution in [1.82, 2.24) is 10.6 Å². The summed E-state index contributed by atoms with van der Waals surface area (Å²) in [7, 11) is 0. The molecule has 6 unspecified atom stereocenters. The molecular formula is C38H72CaN4O12+2. The average molecular weight is 817 g/mol. The summed E-state index contributed by atoms with van der Waals surface area (Å²) in [6, 6.07) is 0. The molecule has 16 nitrogen and oxygen atoms in total. The number of amides is 2. The summed E-state index contributed by atoms with van der Waals surface area (Å²) in [5.41, 5.74) is 0. The van der Waals surface area contributed by atoms with E-state index >= 15 is 0 Å². The normalized spacial score (nSPS) is 15.3. The van der Waals surface area contributed by atoms with Crippen LogP contribution in [-0.2, 0) is 28.8 Å². The Bertz CT molecular complexity index is 985. The van der Waals surface area contributed by atoms with Crippen molar-refractivity contribution in [2.75, 3.05) is 78.7 Å². The fourth-order valence-corrected chi connectivity index (χ4v) is 6.62. The molecule has 2 amide bonds. The maximum atomic E-state index is 11.9. The zero-order valence-corrected chi connectivity index (χ0v) is 36.7. The smallest absolute Gasteiger partial charge is 0.550 e. The number of carboxylic acid groups (broad SMARTS) is 4. The van der Waals surface area contributed by atoms with Gasteiger partial charge in [-0.25, -0.2) is 0 Å². The third-order valence-corrected chi connectivity index (χ3v) is 9.77. The molecule has 0 aromatic carbocycles. The largest absolute Gasteiger partial charge is 2.00 e. The number of unbranched alkanes of at least 4 members (excludes halogenated alkanes) is 6. The summed E-state index contributed by atoms with van der Waals surface area (Å²) in [6.45, 7) is 12.4. The van der Waals surface area contributed by atoms with Crippen LogP contribution in [0.1, 0.15) is 106 Å². The Hall–Kier alpha value is -2.08. The number of hydrogen-bond donors (Lipinski definition) is 6. The third kappa shape index (κ3) is 28.0. The minimum atomic E-state index is -1.21. The number of rotatable bonds is 32. The summed E-state index contributed by atoms with van der Waals surface area (Å²) in [5, 5.41) is 65.4. The van der Waals surface area contributed by atoms with Gasteiger partial charge < -0.3 is 59.8 Å². The van der Waals surface area contributed by atoms with Gasteiger partial charge in [-0.3, -0.25) is 19.2 Å². The van der Waals surface area contributed by atoms with Gasteiger partial charge >= 0.3 is 49.7 Å². The number of carbonyl (C=O) groups excluding carboxylic acids is 4. The Morgan fingerprint density at radius 1 is 0.527 bits per heavy atom. The van der Waals surface area contributed by atoms with Gasteiger partial charge in [-0.15, -0.1) is 0 Å². The Morgan fingerprint density at radius 3 is 1.09 bits per heavy atom. The molecule has 6 atom stereocenters. The van der Waals surface area contributed by atoms with Crippen LogP contribution in [0.2, 0.25) is 0 Å². The maximum Gasteiger partial charge on any atom is 2.00 e. The minimum Gasteiger partial charge on any atom is -0.550 e. The summed E-state index contributed by atoms with van der Waals surface area (Å²) < 4.78 is 0.213. The molecule has 0 saturated carbocycles. The second-order valence-electron chi connectivity index (χ2n) is 15.0. The van der Waals surface area contributed by atoms with Crippen molar-refractivity contribution in [3.63, 3.8) is 0 Å². The van der Waals surface area contributed by atoms with Crippen molar-refractivity contribution in [2.24, 2.45) is 23.7 Å². The predicted octanol–water partition coefficient (Wildman–Crippen LogP) is -0.403. The first kappa shape index (κ1) is 57.2. The summed E-state index contributed by atoms with van der Waals surface area (Å²) in [4.78, 5) is 68.8. The molecule has 17 heteroatoms. The van der Waals surface area contributed by atoms with Crippen LogP contribution in [0.25, 0.3) is 0 Å². The van der Waals surface area contributed by atoms with Gasteiger partial charge in [-0.05, 0) is 26.7 Å². The number of nitrogens with zero attached hydrogens (tertiary/aromatic N) is 2. The SMILES string of the molecule is CCCCCCC(=O)NCC[N+](CCO)(CC(C)C(=O)[O-])CC(C)C(=O)O.CCCCCCC(=O)NCC[N+](CCO)(CC(C)C(=O)[O-])CC(C)C(=O)O.[Ca+2]. The first-order valence-electron chi connectivity index (χ1n) is 19.7. The van der Waals surface area contributed by atoms with Gasteiger partial charge in [0.2, 0.25) is 11.8 Å². The number of aliphatic hydroxyl groups excluding tert-OH is 2. The van der Waals surface area contributed by atoms with E-state index in [9.17, 15) is 59.4 Å². The molecule has 0 saturated heterocycles. The van der Waals surface area contributed by atoms with Crippen LogP contribution in [0.3, 0.4) is 0 Å². The second kappa shape index (κ2) is 32.9. The predicted molar refractivity (Wildman–Crippen MR) is 205 cm³/mol. The van der Waals surface area contributed by atoms with Crippen LogP contribution in [0.4, 0.5) is 0 Å². The molecule has 55 heavy (non-hydrogen) atoms. The minimum absolute atomic E-state index is 0. The Morgan fingerprint density at radius 2 is 0.836 bits per heavy atom. The molecule has 0 aliphatic heterocycles. The molecule has 6 N–H and O–H groups in total. The van der Waals surface area contributed by atoms with E-state index < -0.39 is 47.5 Å². The molecule has 0 spiro atoms. The van der Waals surface area contributed by atoms with Crippen molar-refractivity contribution in [3.05, 3.63) is 0 Å². The zero-order valence-electron chi connectivity index (χ0n) is 34.5. The molecule has 0 radical (unpaired) electrons. The Labute approximate surface area is 358 Å². The molecule has 0 aromatic heterocycles. The number of aliphatic hydroxyl groups is 2. The average Bonchev–Trinajstić information content (AvgIpc) is 3.08. The molecule has 0 rings (SSSR count). The standard InChI is InChI=1S/2C19H36N2O6.Ca/c2*1-4-5-6-7-8-17(23)20-9-10-21(11-12-22,13-15(2)18(24)25)14-16(3)19(26)27;/h2*15-16,22H,4-14H2,1-3H3,(H2-,20,23,24,25,26,27);/q;;+2. The first-order chi connectivity index (χ1) is 25.3. The van der Waals surface area contributed by atoms with Crippen LogP contribution in [0.15, 0.2) is 0 Å². The van der Waals surface area contributed by atoms with Crippen molar-refractivity contribution in [2.45, 2.75) is 106 Å². The third-order valence-electron chi connectivity index (χ3n) is 9.77. The van der Waals surface area contributed by atoms with E-state index in [0.717, 1.165) is 51.4 Å². The number of carboxylic acids is 4. The number of nitrogens with one attached hydrogen (secondary N) is 2. The molecular weight excluding hydrogens is 745 g/mol. The second-order valence-corrected chi connectivity index (χ2v) is 15.0. The zero-order chi connectivity index (χ0) is 41.7. The van der Waals surface area contributed by atoms with E-state index in [1.165, 1.54) is 13.8 Å². The van der Waals surface area contributed by atoms with Crippen LogP contribution >= 0.6 is 0 Å². The molecule has 0 heterocycles. The number of hydrogen-bond acceptors (Lipinski definition) is 10. The van der Waals surface area contributed by atoms with Gasteiger partial charge in [-0.2, -0.15) is 0 Å². The van der Waals surface area contributed by atoms with Crippen molar-refractivity contribution in [3.8, 4) is 0 Å². The van der Waals surface area contributed by atoms with Gasteiger partial charge in [-0.1, -0.05) is 66.2 Å². The molecule has 0 bridgehead atoms. The molecule has 0 aliphatic rings. The van der Waals surface area contributed by atoms with Crippen LogP contribution in [-0.4, -0.2) is 181 Å². The van der Waals surface area contributed by atoms with Crippen molar-refractivity contribution < 1.29 is 68.4 Å². The number of aliphatic carboxylic acids is 4. The van der Waals surface area contributed by atoms with E-state index in [1.807, 2.05) is 0 Å². The number of quaternary nitrogens is 2. The van der Waals surface area contributed by atoms with E-state index in [-0.39, 0.29) is 111 Å². The molecule has 316 valence electrons. The Balaban J connectivity index is -0.000000966. The van der Waals surface area contributed by atoms with Gasteiger partial charge in [0.05, 0.1) is 65.6 Å². The summed E-state index contributed by atoms with van der Waals surface area (Å²) in [5.74, 6) is -7.47. The van der Waals surface area contributed by atoms with Gasteiger partial charge in [0.25, 0.3) is 0 Å². The first-order valence-corrected chi connectivity index (χ1v) is 19.7. The van der Waals surface area contributed by atoms with E-state index in [2.05, 4.69) is 24.5 Å². The van der Waals surface area contributed by atoms with Crippen LogP contribution < -0.4 is 20.8 Å². The van der Waals surface area contributed by atoms with Crippen LogP contribution in [0, 0.1) is 23.7 Å².